The molecule has 3 heterocycles. The number of aromatic nitrogens is 3. The number of amides is 1. The van der Waals surface area contributed by atoms with E-state index in [-0.39, 0.29) is 11.7 Å². The van der Waals surface area contributed by atoms with Crippen molar-refractivity contribution in [3.8, 4) is 11.5 Å². The number of piperidine rings is 1. The van der Waals surface area contributed by atoms with Crippen LogP contribution in [0, 0.1) is 11.7 Å². The summed E-state index contributed by atoms with van der Waals surface area (Å²) < 4.78 is 18.3. The molecule has 6 nitrogen and oxygen atoms in total. The molecule has 3 aromatic rings. The topological polar surface area (TPSA) is 72.1 Å². The molecule has 1 aliphatic rings. The largest absolute Gasteiger partial charge is 0.337 e. The highest BCUT2D eigenvalue weighted by molar-refractivity contribution is 5.92. The Morgan fingerprint density at radius 3 is 2.64 bits per heavy atom. The molecular formula is C21H21FN4O2. The number of benzene rings is 1. The van der Waals surface area contributed by atoms with Crippen molar-refractivity contribution in [1.82, 2.24) is 20.0 Å². The van der Waals surface area contributed by atoms with E-state index < -0.39 is 0 Å². The third kappa shape index (κ3) is 4.24. The van der Waals surface area contributed by atoms with Crippen molar-refractivity contribution in [2.24, 2.45) is 5.92 Å². The summed E-state index contributed by atoms with van der Waals surface area (Å²) in [6.07, 6.45) is 5.24. The van der Waals surface area contributed by atoms with Gasteiger partial charge in [-0.15, -0.1) is 0 Å². The number of likely N-dealkylation sites (tertiary alicyclic amines) is 1. The molecule has 0 radical (unpaired) electrons. The van der Waals surface area contributed by atoms with Crippen LogP contribution in [0.25, 0.3) is 11.5 Å². The average molecular weight is 380 g/mol. The Bertz CT molecular complexity index is 919. The van der Waals surface area contributed by atoms with E-state index in [9.17, 15) is 9.18 Å². The Morgan fingerprint density at radius 2 is 1.93 bits per heavy atom. The van der Waals surface area contributed by atoms with Crippen molar-refractivity contribution in [1.29, 1.82) is 0 Å². The summed E-state index contributed by atoms with van der Waals surface area (Å²) in [6.45, 7) is 1.49. The molecule has 0 unspecified atom stereocenters. The quantitative estimate of drug-likeness (QED) is 0.674. The molecular weight excluding hydrogens is 359 g/mol. The van der Waals surface area contributed by atoms with E-state index >= 15 is 0 Å². The van der Waals surface area contributed by atoms with Gasteiger partial charge in [-0.1, -0.05) is 11.2 Å². The van der Waals surface area contributed by atoms with Gasteiger partial charge in [0.05, 0.1) is 0 Å². The molecule has 0 atom stereocenters. The summed E-state index contributed by atoms with van der Waals surface area (Å²) in [5.41, 5.74) is 1.21. The van der Waals surface area contributed by atoms with E-state index in [0.717, 1.165) is 38.8 Å². The smallest absolute Gasteiger partial charge is 0.272 e. The van der Waals surface area contributed by atoms with E-state index in [1.54, 1.807) is 24.4 Å². The molecule has 1 fully saturated rings. The molecule has 28 heavy (non-hydrogen) atoms. The average Bonchev–Trinajstić information content (AvgIpc) is 3.22. The van der Waals surface area contributed by atoms with Gasteiger partial charge in [-0.25, -0.2) is 4.39 Å². The van der Waals surface area contributed by atoms with Gasteiger partial charge in [0.15, 0.2) is 5.82 Å². The molecule has 0 N–H and O–H groups in total. The van der Waals surface area contributed by atoms with Gasteiger partial charge in [-0.05, 0) is 61.6 Å². The summed E-state index contributed by atoms with van der Waals surface area (Å²) in [4.78, 5) is 22.9. The molecule has 7 heteroatoms. The number of rotatable bonds is 5. The van der Waals surface area contributed by atoms with Crippen molar-refractivity contribution in [3.05, 3.63) is 66.0 Å². The highest BCUT2D eigenvalue weighted by Crippen LogP contribution is 2.24. The molecule has 4 rings (SSSR count). The summed E-state index contributed by atoms with van der Waals surface area (Å²) in [7, 11) is 0. The zero-order chi connectivity index (χ0) is 19.3. The molecule has 0 aliphatic carbocycles. The highest BCUT2D eigenvalue weighted by atomic mass is 19.1. The lowest BCUT2D eigenvalue weighted by Gasteiger charge is -2.31. The zero-order valence-corrected chi connectivity index (χ0v) is 15.4. The van der Waals surface area contributed by atoms with Crippen molar-refractivity contribution in [2.45, 2.75) is 25.7 Å². The first-order valence-corrected chi connectivity index (χ1v) is 9.48. The molecule has 0 spiro atoms. The number of halogens is 1. The third-order valence-electron chi connectivity index (χ3n) is 5.12. The lowest BCUT2D eigenvalue weighted by Crippen LogP contribution is -2.38. The molecule has 1 saturated heterocycles. The molecule has 1 aromatic carbocycles. The fraction of sp³-hybridized carbons (Fsp3) is 0.333. The summed E-state index contributed by atoms with van der Waals surface area (Å²) in [6, 6.07) is 11.4. The van der Waals surface area contributed by atoms with Gasteiger partial charge in [0.1, 0.15) is 11.5 Å². The van der Waals surface area contributed by atoms with Crippen LogP contribution >= 0.6 is 0 Å². The predicted octanol–water partition coefficient (Wildman–Crippen LogP) is 3.76. The zero-order valence-electron chi connectivity index (χ0n) is 15.4. The second-order valence-electron chi connectivity index (χ2n) is 7.01. The van der Waals surface area contributed by atoms with E-state index in [1.165, 1.54) is 12.1 Å². The van der Waals surface area contributed by atoms with Gasteiger partial charge in [0.25, 0.3) is 11.8 Å². The number of hydrogen-bond acceptors (Lipinski definition) is 5. The van der Waals surface area contributed by atoms with Crippen LogP contribution in [0.4, 0.5) is 4.39 Å². The van der Waals surface area contributed by atoms with E-state index in [1.807, 2.05) is 17.0 Å². The highest BCUT2D eigenvalue weighted by Gasteiger charge is 2.24. The SMILES string of the molecule is O=C(c1ccccn1)N1CCC(CCc2noc(-c3ccc(F)cc3)n2)CC1. The monoisotopic (exact) mass is 380 g/mol. The Morgan fingerprint density at radius 1 is 1.14 bits per heavy atom. The van der Waals surface area contributed by atoms with Crippen LogP contribution in [-0.4, -0.2) is 39.0 Å². The normalized spacial score (nSPS) is 15.0. The number of carbonyl (C=O) groups is 1. The van der Waals surface area contributed by atoms with Crippen LogP contribution in [0.1, 0.15) is 35.6 Å². The number of carbonyl (C=O) groups excluding carboxylic acids is 1. The van der Waals surface area contributed by atoms with E-state index in [4.69, 9.17) is 4.52 Å². The van der Waals surface area contributed by atoms with Crippen molar-refractivity contribution in [2.75, 3.05) is 13.1 Å². The first kappa shape index (κ1) is 18.3. The molecule has 0 saturated carbocycles. The van der Waals surface area contributed by atoms with Crippen molar-refractivity contribution < 1.29 is 13.7 Å². The summed E-state index contributed by atoms with van der Waals surface area (Å²) >= 11 is 0. The van der Waals surface area contributed by atoms with Gasteiger partial charge in [0.2, 0.25) is 0 Å². The molecule has 144 valence electrons. The number of hydrogen-bond donors (Lipinski definition) is 0. The number of aryl methyl sites for hydroxylation is 1. The minimum atomic E-state index is -0.295. The van der Waals surface area contributed by atoms with Crippen molar-refractivity contribution in [3.63, 3.8) is 0 Å². The summed E-state index contributed by atoms with van der Waals surface area (Å²) in [5, 5.41) is 4.03. The maximum Gasteiger partial charge on any atom is 0.272 e. The van der Waals surface area contributed by atoms with Crippen LogP contribution < -0.4 is 0 Å². The lowest BCUT2D eigenvalue weighted by atomic mass is 9.92. The molecule has 1 aliphatic heterocycles. The Labute approximate surface area is 162 Å². The molecule has 0 bridgehead atoms. The predicted molar refractivity (Wildman–Crippen MR) is 101 cm³/mol. The van der Waals surface area contributed by atoms with Crippen LogP contribution in [-0.2, 0) is 6.42 Å². The Hall–Kier alpha value is -3.09. The van der Waals surface area contributed by atoms with Gasteiger partial charge in [0, 0.05) is 31.3 Å². The molecule has 2 aromatic heterocycles. The Kier molecular flexibility index (Phi) is 5.41. The number of pyridine rings is 1. The fourth-order valence-electron chi connectivity index (χ4n) is 3.47. The summed E-state index contributed by atoms with van der Waals surface area (Å²) in [5.74, 6) is 1.30. The lowest BCUT2D eigenvalue weighted by molar-refractivity contribution is 0.0680. The first-order valence-electron chi connectivity index (χ1n) is 9.48. The minimum Gasteiger partial charge on any atom is -0.337 e. The van der Waals surface area contributed by atoms with Crippen LogP contribution in [0.5, 0.6) is 0 Å². The van der Waals surface area contributed by atoms with Crippen LogP contribution in [0.3, 0.4) is 0 Å². The molecule has 1 amide bonds. The maximum atomic E-state index is 13.0. The van der Waals surface area contributed by atoms with Gasteiger partial charge in [-0.2, -0.15) is 4.98 Å². The van der Waals surface area contributed by atoms with E-state index in [2.05, 4.69) is 15.1 Å². The minimum absolute atomic E-state index is 0.00107. The van der Waals surface area contributed by atoms with Gasteiger partial charge >= 0.3 is 0 Å². The van der Waals surface area contributed by atoms with Gasteiger partial charge < -0.3 is 9.42 Å². The van der Waals surface area contributed by atoms with E-state index in [0.29, 0.717) is 28.9 Å². The van der Waals surface area contributed by atoms with Crippen molar-refractivity contribution >= 4 is 5.91 Å². The second kappa shape index (κ2) is 8.29. The number of nitrogens with zero attached hydrogens (tertiary/aromatic N) is 4. The Balaban J connectivity index is 1.27. The van der Waals surface area contributed by atoms with Gasteiger partial charge in [-0.3, -0.25) is 9.78 Å². The first-order chi connectivity index (χ1) is 13.7. The second-order valence-corrected chi connectivity index (χ2v) is 7.01. The fourth-order valence-corrected chi connectivity index (χ4v) is 3.47. The maximum absolute atomic E-state index is 13.0. The third-order valence-corrected chi connectivity index (χ3v) is 5.12. The van der Waals surface area contributed by atoms with Crippen LogP contribution in [0.15, 0.2) is 53.2 Å². The van der Waals surface area contributed by atoms with Crippen LogP contribution in [0.2, 0.25) is 0 Å². The standard InChI is InChI=1S/C21H21FN4O2/c22-17-7-5-16(6-8-17)20-24-19(25-28-20)9-4-15-10-13-26(14-11-15)21(27)18-3-1-2-12-23-18/h1-3,5-8,12,15H,4,9-11,13-14H2.